The predicted molar refractivity (Wildman–Crippen MR) is 106 cm³/mol. The predicted octanol–water partition coefficient (Wildman–Crippen LogP) is 9.91. The van der Waals surface area contributed by atoms with Crippen LogP contribution in [-0.2, 0) is 4.12 Å². The van der Waals surface area contributed by atoms with Crippen LogP contribution >= 0.6 is 0 Å². The van der Waals surface area contributed by atoms with Gasteiger partial charge in [-0.2, -0.15) is 79.0 Å². The first-order valence-corrected chi connectivity index (χ1v) is 17.0. The van der Waals surface area contributed by atoms with Crippen LogP contribution in [0.25, 0.3) is 0 Å². The molecule has 1 nitrogen and oxygen atoms in total. The van der Waals surface area contributed by atoms with E-state index in [2.05, 4.69) is 0 Å². The van der Waals surface area contributed by atoms with Gasteiger partial charge in [-0.1, -0.05) is 0 Å². The summed E-state index contributed by atoms with van der Waals surface area (Å²) >= 11 is 0. The van der Waals surface area contributed by atoms with Crippen LogP contribution in [0.4, 0.5) is 79.0 Å². The largest absolute Gasteiger partial charge is 0.460 e. The van der Waals surface area contributed by atoms with Gasteiger partial charge in [-0.25, -0.2) is 0 Å². The van der Waals surface area contributed by atoms with Crippen LogP contribution in [0, 0.1) is 0 Å². The number of hydrogen-bond donors (Lipinski definition) is 0. The molecular weight excluding hydrogens is 630 g/mol. The van der Waals surface area contributed by atoms with Gasteiger partial charge in [-0.05, 0) is 51.1 Å². The minimum atomic E-state index is -7.06. The molecule has 0 saturated carbocycles. The zero-order chi connectivity index (χ0) is 31.9. The quantitative estimate of drug-likeness (QED) is 0.134. The Morgan fingerprint density at radius 1 is 0.410 bits per heavy atom. The second-order valence-corrected chi connectivity index (χ2v) is 18.9. The van der Waals surface area contributed by atoms with Crippen molar-refractivity contribution >= 4 is 16.6 Å². The van der Waals surface area contributed by atoms with Crippen molar-refractivity contribution in [2.75, 3.05) is 0 Å². The molecule has 0 N–H and O–H groups in total. The molecule has 21 heteroatoms. The highest BCUT2D eigenvalue weighted by Gasteiger charge is 2.82. The maximum atomic E-state index is 13.7. The molecule has 0 heterocycles. The fourth-order valence-electron chi connectivity index (χ4n) is 3.45. The Balaban J connectivity index is 5.25. The van der Waals surface area contributed by atoms with Gasteiger partial charge in [0.2, 0.25) is 0 Å². The Labute approximate surface area is 212 Å². The molecule has 39 heavy (non-hydrogen) atoms. The van der Waals surface area contributed by atoms with Gasteiger partial charge in [0.25, 0.3) is 0 Å². The van der Waals surface area contributed by atoms with Crippen molar-refractivity contribution in [1.82, 2.24) is 0 Å². The number of alkyl halides is 18. The van der Waals surface area contributed by atoms with Crippen molar-refractivity contribution in [1.29, 1.82) is 0 Å². The maximum Gasteiger partial charge on any atom is 0.460 e. The summed E-state index contributed by atoms with van der Waals surface area (Å²) in [6, 6.07) is -1.11. The zero-order valence-electron chi connectivity index (χ0n) is 20.5. The average molecular weight is 655 g/mol. The second kappa shape index (κ2) is 11.1. The molecule has 0 aliphatic carbocycles. The van der Waals surface area contributed by atoms with Gasteiger partial charge < -0.3 is 4.12 Å². The molecule has 0 aliphatic heterocycles. The number of hydrogen-bond acceptors (Lipinski definition) is 1. The van der Waals surface area contributed by atoms with Crippen molar-refractivity contribution in [2.24, 2.45) is 0 Å². The zero-order valence-corrected chi connectivity index (χ0v) is 22.5. The Morgan fingerprint density at radius 3 is 0.846 bits per heavy atom. The Kier molecular flexibility index (Phi) is 10.8. The molecule has 0 fully saturated rings. The molecule has 0 aliphatic rings. The summed E-state index contributed by atoms with van der Waals surface area (Å²) in [5.74, 6) is -39.4. The molecule has 0 unspecified atom stereocenters. The number of halogens is 18. The van der Waals surface area contributed by atoms with Crippen molar-refractivity contribution in [3.05, 3.63) is 0 Å². The van der Waals surface area contributed by atoms with Gasteiger partial charge in [-0.3, -0.25) is 0 Å². The van der Waals surface area contributed by atoms with Gasteiger partial charge in [0, 0.05) is 12.8 Å². The topological polar surface area (TPSA) is 9.23 Å². The maximum absolute atomic E-state index is 13.7. The van der Waals surface area contributed by atoms with E-state index in [0.717, 1.165) is 0 Å². The Hall–Kier alpha value is -0.866. The van der Waals surface area contributed by atoms with Gasteiger partial charge >= 0.3 is 47.9 Å². The van der Waals surface area contributed by atoms with Crippen LogP contribution in [0.15, 0.2) is 0 Å². The third kappa shape index (κ3) is 8.12. The highest BCUT2D eigenvalue weighted by Crippen LogP contribution is 2.55. The molecule has 0 aromatic rings. The van der Waals surface area contributed by atoms with Gasteiger partial charge in [0.1, 0.15) is 0 Å². The van der Waals surface area contributed by atoms with E-state index in [1.807, 2.05) is 0 Å². The minimum Gasteiger partial charge on any atom is -0.455 e. The summed E-state index contributed by atoms with van der Waals surface area (Å²) in [6.45, 7) is 4.92. The second-order valence-electron chi connectivity index (χ2n) is 10.0. The van der Waals surface area contributed by atoms with E-state index in [-0.39, 0.29) is 0 Å². The summed E-state index contributed by atoms with van der Waals surface area (Å²) in [6.07, 6.45) is -20.4. The normalized spacial score (nSPS) is 16.2. The van der Waals surface area contributed by atoms with Crippen LogP contribution in [0.2, 0.25) is 38.3 Å². The Morgan fingerprint density at radius 2 is 0.641 bits per heavy atom. The summed E-state index contributed by atoms with van der Waals surface area (Å²) in [4.78, 5) is 0. The van der Waals surface area contributed by atoms with Crippen LogP contribution in [-0.4, -0.2) is 64.5 Å². The lowest BCUT2D eigenvalue weighted by Gasteiger charge is -2.36. The van der Waals surface area contributed by atoms with E-state index in [1.54, 1.807) is 0 Å². The summed E-state index contributed by atoms with van der Waals surface area (Å²) in [5.41, 5.74) is 0. The molecule has 0 amide bonds. The van der Waals surface area contributed by atoms with Crippen molar-refractivity contribution in [3.8, 4) is 0 Å². The first-order valence-electron chi connectivity index (χ1n) is 10.7. The van der Waals surface area contributed by atoms with E-state index >= 15 is 0 Å². The van der Waals surface area contributed by atoms with E-state index in [0.29, 0.717) is 0 Å². The monoisotopic (exact) mass is 654 g/mol. The van der Waals surface area contributed by atoms with Gasteiger partial charge in [-0.15, -0.1) is 0 Å². The lowest BCUT2D eigenvalue weighted by Crippen LogP contribution is -2.60. The average Bonchev–Trinajstić information content (AvgIpc) is 2.63. The van der Waals surface area contributed by atoms with E-state index in [1.165, 1.54) is 26.2 Å². The number of rotatable bonds is 14. The first kappa shape index (κ1) is 38.1. The molecule has 0 spiro atoms. The third-order valence-corrected chi connectivity index (χ3v) is 13.0. The van der Waals surface area contributed by atoms with Crippen LogP contribution in [0.5, 0.6) is 0 Å². The SMILES string of the molecule is C[Si](C)(CCCC(F)(F)C(F)(F)C(F)(F)C(F)(F)F)O[Si](C)(C)CCCC(F)(F)C(F)(F)C(F)(F)C(F)(F)F. The van der Waals surface area contributed by atoms with Crippen molar-refractivity contribution in [2.45, 2.75) is 112 Å². The van der Waals surface area contributed by atoms with Gasteiger partial charge in [0.15, 0.2) is 16.6 Å². The van der Waals surface area contributed by atoms with Crippen LogP contribution in [0.3, 0.4) is 0 Å². The summed E-state index contributed by atoms with van der Waals surface area (Å²) in [7, 11) is -6.60. The molecule has 0 atom stereocenters. The van der Waals surface area contributed by atoms with Crippen LogP contribution < -0.4 is 0 Å². The third-order valence-electron chi connectivity index (χ3n) is 5.51. The molecule has 236 valence electrons. The standard InChI is InChI=1S/C18H24F18OSi2/c1-38(2,9-5-7-11(19,20)13(23,24)15(27,28)17(31,32)33)37-39(3,4)10-6-8-12(21,22)14(25,26)16(29,30)18(34,35)36/h5-10H2,1-4H3. The summed E-state index contributed by atoms with van der Waals surface area (Å²) < 4.78 is 238. The lowest BCUT2D eigenvalue weighted by atomic mass is 10.00. The van der Waals surface area contributed by atoms with Crippen LogP contribution in [0.1, 0.15) is 25.7 Å². The highest BCUT2D eigenvalue weighted by molar-refractivity contribution is 6.84. The van der Waals surface area contributed by atoms with E-state index < -0.39 is 102 Å². The minimum absolute atomic E-state index is 0.557. The van der Waals surface area contributed by atoms with E-state index in [9.17, 15) is 79.0 Å². The fraction of sp³-hybridized carbons (Fsp3) is 1.00. The fourth-order valence-corrected chi connectivity index (χ4v) is 12.3. The smallest absolute Gasteiger partial charge is 0.455 e. The lowest BCUT2D eigenvalue weighted by molar-refractivity contribution is -0.396. The molecule has 0 aromatic carbocycles. The summed E-state index contributed by atoms with van der Waals surface area (Å²) in [5, 5.41) is 0. The van der Waals surface area contributed by atoms with Crippen molar-refractivity contribution < 1.29 is 83.1 Å². The van der Waals surface area contributed by atoms with Gasteiger partial charge in [0.05, 0.1) is 0 Å². The van der Waals surface area contributed by atoms with E-state index in [4.69, 9.17) is 4.12 Å². The molecule has 0 bridgehead atoms. The molecule has 0 rings (SSSR count). The molecular formula is C18H24F18OSi2. The molecule has 0 radical (unpaired) electrons. The highest BCUT2D eigenvalue weighted by atomic mass is 28.4. The molecule has 0 aromatic heterocycles. The molecule has 0 saturated heterocycles. The Bertz CT molecular complexity index is 750. The van der Waals surface area contributed by atoms with Crippen molar-refractivity contribution in [3.63, 3.8) is 0 Å². The first-order chi connectivity index (χ1) is 16.6.